The van der Waals surface area contributed by atoms with Gasteiger partial charge in [0.15, 0.2) is 5.96 Å². The van der Waals surface area contributed by atoms with E-state index in [1.54, 1.807) is 0 Å². The van der Waals surface area contributed by atoms with Crippen LogP contribution in [0.2, 0.25) is 0 Å². The van der Waals surface area contributed by atoms with Crippen LogP contribution in [0.1, 0.15) is 39.2 Å². The molecule has 2 rings (SSSR count). The van der Waals surface area contributed by atoms with E-state index in [-0.39, 0.29) is 0 Å². The highest BCUT2D eigenvalue weighted by atomic mass is 15.2. The zero-order chi connectivity index (χ0) is 17.9. The molecular weight excluding hydrogens is 308 g/mol. The summed E-state index contributed by atoms with van der Waals surface area (Å²) in [5.74, 6) is 2.39. The second-order valence-electron chi connectivity index (χ2n) is 7.52. The molecule has 1 heterocycles. The predicted molar refractivity (Wildman–Crippen MR) is 108 cm³/mol. The van der Waals surface area contributed by atoms with Crippen LogP contribution in [-0.2, 0) is 6.42 Å². The fourth-order valence-corrected chi connectivity index (χ4v) is 3.24. The number of hydrogen-bond donors (Lipinski definition) is 2. The molecule has 1 aliphatic heterocycles. The highest BCUT2D eigenvalue weighted by molar-refractivity contribution is 5.79. The van der Waals surface area contributed by atoms with Crippen LogP contribution in [0.3, 0.4) is 0 Å². The van der Waals surface area contributed by atoms with Gasteiger partial charge in [0.25, 0.3) is 0 Å². The minimum Gasteiger partial charge on any atom is -0.357 e. The summed E-state index contributed by atoms with van der Waals surface area (Å²) in [6.07, 6.45) is 3.60. The van der Waals surface area contributed by atoms with Crippen molar-refractivity contribution in [2.45, 2.75) is 40.0 Å². The lowest BCUT2D eigenvalue weighted by Crippen LogP contribution is -2.38. The number of nitrogens with zero attached hydrogens (tertiary/aromatic N) is 2. The minimum atomic E-state index is 0.691. The molecule has 0 saturated carbocycles. The van der Waals surface area contributed by atoms with Crippen molar-refractivity contribution < 1.29 is 0 Å². The molecule has 0 amide bonds. The van der Waals surface area contributed by atoms with E-state index >= 15 is 0 Å². The van der Waals surface area contributed by atoms with Gasteiger partial charge in [-0.3, -0.25) is 4.99 Å². The Morgan fingerprint density at radius 3 is 2.76 bits per heavy atom. The molecule has 1 aromatic rings. The second-order valence-corrected chi connectivity index (χ2v) is 7.52. The summed E-state index contributed by atoms with van der Waals surface area (Å²) in [5, 5.41) is 6.82. The molecule has 2 N–H and O–H groups in total. The first-order valence-corrected chi connectivity index (χ1v) is 9.95. The Bertz CT molecular complexity index is 498. The molecule has 4 nitrogen and oxygen atoms in total. The van der Waals surface area contributed by atoms with Gasteiger partial charge in [-0.1, -0.05) is 44.2 Å². The molecule has 0 aromatic heterocycles. The van der Waals surface area contributed by atoms with Gasteiger partial charge in [-0.15, -0.1) is 0 Å². The van der Waals surface area contributed by atoms with Crippen molar-refractivity contribution in [2.75, 3.05) is 39.3 Å². The Labute approximate surface area is 154 Å². The van der Waals surface area contributed by atoms with E-state index in [9.17, 15) is 0 Å². The average Bonchev–Trinajstić information content (AvgIpc) is 3.06. The lowest BCUT2D eigenvalue weighted by molar-refractivity contribution is 0.329. The highest BCUT2D eigenvalue weighted by Crippen LogP contribution is 2.17. The second kappa shape index (κ2) is 11.1. The molecule has 0 spiro atoms. The normalized spacial score (nSPS) is 18.7. The number of benzene rings is 1. The van der Waals surface area contributed by atoms with E-state index in [1.807, 2.05) is 0 Å². The Morgan fingerprint density at radius 1 is 1.24 bits per heavy atom. The van der Waals surface area contributed by atoms with Gasteiger partial charge in [0.2, 0.25) is 0 Å². The molecule has 1 unspecified atom stereocenters. The van der Waals surface area contributed by atoms with Gasteiger partial charge in [-0.2, -0.15) is 0 Å². The van der Waals surface area contributed by atoms with Crippen LogP contribution in [0, 0.1) is 11.8 Å². The maximum Gasteiger partial charge on any atom is 0.191 e. The molecular formula is C21H36N4. The largest absolute Gasteiger partial charge is 0.357 e. The van der Waals surface area contributed by atoms with Crippen molar-refractivity contribution in [3.05, 3.63) is 35.9 Å². The van der Waals surface area contributed by atoms with E-state index < -0.39 is 0 Å². The van der Waals surface area contributed by atoms with Gasteiger partial charge in [0.05, 0.1) is 0 Å². The summed E-state index contributed by atoms with van der Waals surface area (Å²) < 4.78 is 0. The van der Waals surface area contributed by atoms with Gasteiger partial charge >= 0.3 is 0 Å². The van der Waals surface area contributed by atoms with Gasteiger partial charge in [0, 0.05) is 32.7 Å². The van der Waals surface area contributed by atoms with E-state index in [4.69, 9.17) is 4.99 Å². The average molecular weight is 345 g/mol. The fourth-order valence-electron chi connectivity index (χ4n) is 3.24. The van der Waals surface area contributed by atoms with E-state index in [2.05, 4.69) is 66.6 Å². The lowest BCUT2D eigenvalue weighted by atomic mass is 10.1. The van der Waals surface area contributed by atoms with Crippen LogP contribution in [0.4, 0.5) is 0 Å². The highest BCUT2D eigenvalue weighted by Gasteiger charge is 2.21. The summed E-state index contributed by atoms with van der Waals surface area (Å²) in [6, 6.07) is 10.8. The molecule has 4 heteroatoms. The van der Waals surface area contributed by atoms with Gasteiger partial charge in [-0.25, -0.2) is 0 Å². The molecule has 25 heavy (non-hydrogen) atoms. The fraction of sp³-hybridized carbons (Fsp3) is 0.667. The monoisotopic (exact) mass is 344 g/mol. The van der Waals surface area contributed by atoms with Crippen LogP contribution >= 0.6 is 0 Å². The predicted octanol–water partition coefficient (Wildman–Crippen LogP) is 3.15. The number of aliphatic imine (C=N–C) groups is 1. The summed E-state index contributed by atoms with van der Waals surface area (Å²) in [7, 11) is 0. The van der Waals surface area contributed by atoms with Crippen molar-refractivity contribution >= 4 is 5.96 Å². The van der Waals surface area contributed by atoms with Crippen LogP contribution in [-0.4, -0.2) is 50.1 Å². The zero-order valence-electron chi connectivity index (χ0n) is 16.3. The van der Waals surface area contributed by atoms with Gasteiger partial charge < -0.3 is 15.5 Å². The van der Waals surface area contributed by atoms with Crippen molar-refractivity contribution in [2.24, 2.45) is 16.8 Å². The molecule has 1 atom stereocenters. The van der Waals surface area contributed by atoms with Crippen LogP contribution in [0.25, 0.3) is 0 Å². The SMILES string of the molecule is CCNC(=NCC1CCN(CCc2ccccc2)C1)NCCC(C)C. The minimum absolute atomic E-state index is 0.691. The number of rotatable bonds is 9. The Morgan fingerprint density at radius 2 is 2.04 bits per heavy atom. The first-order chi connectivity index (χ1) is 12.2. The Balaban J connectivity index is 1.70. The summed E-state index contributed by atoms with van der Waals surface area (Å²) in [6.45, 7) is 13.0. The molecule has 1 fully saturated rings. The standard InChI is InChI=1S/C21H36N4/c1-4-22-21(23-13-10-18(2)3)24-16-20-12-15-25(17-20)14-11-19-8-6-5-7-9-19/h5-9,18,20H,4,10-17H2,1-3H3,(H2,22,23,24). The maximum absolute atomic E-state index is 4.81. The molecule has 140 valence electrons. The molecule has 0 radical (unpaired) electrons. The molecule has 1 aromatic carbocycles. The van der Waals surface area contributed by atoms with Crippen LogP contribution < -0.4 is 10.6 Å². The van der Waals surface area contributed by atoms with Crippen LogP contribution in [0.15, 0.2) is 35.3 Å². The van der Waals surface area contributed by atoms with Crippen molar-refractivity contribution in [1.29, 1.82) is 0 Å². The first kappa shape index (κ1) is 19.8. The topological polar surface area (TPSA) is 39.7 Å². The number of guanidine groups is 1. The van der Waals surface area contributed by atoms with Crippen molar-refractivity contribution in [3.8, 4) is 0 Å². The van der Waals surface area contributed by atoms with Crippen molar-refractivity contribution in [3.63, 3.8) is 0 Å². The lowest BCUT2D eigenvalue weighted by Gasteiger charge is -2.16. The first-order valence-electron chi connectivity index (χ1n) is 9.95. The van der Waals surface area contributed by atoms with Gasteiger partial charge in [0.1, 0.15) is 0 Å². The van der Waals surface area contributed by atoms with Crippen molar-refractivity contribution in [1.82, 2.24) is 15.5 Å². The molecule has 1 aliphatic rings. The van der Waals surface area contributed by atoms with E-state index in [0.717, 1.165) is 44.5 Å². The maximum atomic E-state index is 4.81. The smallest absolute Gasteiger partial charge is 0.191 e. The van der Waals surface area contributed by atoms with E-state index in [1.165, 1.54) is 31.5 Å². The molecule has 0 aliphatic carbocycles. The van der Waals surface area contributed by atoms with E-state index in [0.29, 0.717) is 5.92 Å². The number of likely N-dealkylation sites (tertiary alicyclic amines) is 1. The number of nitrogens with one attached hydrogen (secondary N) is 2. The third kappa shape index (κ3) is 7.91. The third-order valence-corrected chi connectivity index (χ3v) is 4.80. The Hall–Kier alpha value is -1.55. The summed E-state index contributed by atoms with van der Waals surface area (Å²) in [4.78, 5) is 7.40. The molecule has 0 bridgehead atoms. The quantitative estimate of drug-likeness (QED) is 0.534. The third-order valence-electron chi connectivity index (χ3n) is 4.80. The van der Waals surface area contributed by atoms with Crippen LogP contribution in [0.5, 0.6) is 0 Å². The summed E-state index contributed by atoms with van der Waals surface area (Å²) >= 11 is 0. The number of hydrogen-bond acceptors (Lipinski definition) is 2. The van der Waals surface area contributed by atoms with Gasteiger partial charge in [-0.05, 0) is 50.1 Å². The summed E-state index contributed by atoms with van der Waals surface area (Å²) in [5.41, 5.74) is 1.44. The Kier molecular flexibility index (Phi) is 8.81. The zero-order valence-corrected chi connectivity index (χ0v) is 16.3. The molecule has 1 saturated heterocycles.